The molecule has 6 nitrogen and oxygen atoms in total. The van der Waals surface area contributed by atoms with Gasteiger partial charge in [0.2, 0.25) is 0 Å². The Labute approximate surface area is 116 Å². The van der Waals surface area contributed by atoms with Gasteiger partial charge in [0.15, 0.2) is 0 Å². The van der Waals surface area contributed by atoms with Crippen molar-refractivity contribution in [2.45, 2.75) is 20.3 Å². The molecule has 0 rings (SSSR count). The minimum atomic E-state index is -0.880. The largest absolute Gasteiger partial charge is 0.481 e. The molecule has 1 unspecified atom stereocenters. The van der Waals surface area contributed by atoms with Gasteiger partial charge < -0.3 is 19.8 Å². The lowest BCUT2D eigenvalue weighted by atomic mass is 10.2. The molecule has 2 amide bonds. The second-order valence-corrected chi connectivity index (χ2v) is 5.19. The molecule has 0 aromatic rings. The quantitative estimate of drug-likeness (QED) is 0.717. The summed E-state index contributed by atoms with van der Waals surface area (Å²) in [6.45, 7) is 6.01. The summed E-state index contributed by atoms with van der Waals surface area (Å²) in [5, 5.41) is 8.87. The standard InChI is InChI=1S/C13H27N3O3/c1-6-7-16(9-8-14(3)4)13(19)15(5)10-11(2)12(17)18/h11H,6-10H2,1-5H3,(H,17,18). The lowest BCUT2D eigenvalue weighted by molar-refractivity contribution is -0.141. The highest BCUT2D eigenvalue weighted by molar-refractivity contribution is 5.75. The highest BCUT2D eigenvalue weighted by Gasteiger charge is 2.21. The third kappa shape index (κ3) is 7.00. The van der Waals surface area contributed by atoms with Crippen molar-refractivity contribution < 1.29 is 14.7 Å². The Hall–Kier alpha value is -1.30. The summed E-state index contributed by atoms with van der Waals surface area (Å²) in [7, 11) is 5.58. The first-order valence-corrected chi connectivity index (χ1v) is 6.67. The van der Waals surface area contributed by atoms with E-state index in [-0.39, 0.29) is 12.6 Å². The molecule has 0 saturated carbocycles. The van der Waals surface area contributed by atoms with Crippen LogP contribution in [-0.4, -0.2) is 79.1 Å². The summed E-state index contributed by atoms with van der Waals surface area (Å²) >= 11 is 0. The fourth-order valence-corrected chi connectivity index (χ4v) is 1.70. The SMILES string of the molecule is CCCN(CCN(C)C)C(=O)N(C)CC(C)C(=O)O. The lowest BCUT2D eigenvalue weighted by Crippen LogP contribution is -2.46. The van der Waals surface area contributed by atoms with E-state index in [2.05, 4.69) is 0 Å². The van der Waals surface area contributed by atoms with E-state index in [1.165, 1.54) is 4.90 Å². The topological polar surface area (TPSA) is 64.1 Å². The second-order valence-electron chi connectivity index (χ2n) is 5.19. The molecule has 0 aliphatic heterocycles. The van der Waals surface area contributed by atoms with Crippen LogP contribution in [0.3, 0.4) is 0 Å². The maximum Gasteiger partial charge on any atom is 0.319 e. The maximum atomic E-state index is 12.2. The summed E-state index contributed by atoms with van der Waals surface area (Å²) in [6.07, 6.45) is 0.890. The number of carbonyl (C=O) groups excluding carboxylic acids is 1. The average Bonchev–Trinajstić information content (AvgIpc) is 2.32. The summed E-state index contributed by atoms with van der Waals surface area (Å²) < 4.78 is 0. The number of carbonyl (C=O) groups is 2. The van der Waals surface area contributed by atoms with Gasteiger partial charge in [0.1, 0.15) is 0 Å². The molecular weight excluding hydrogens is 246 g/mol. The van der Waals surface area contributed by atoms with Gasteiger partial charge in [0.25, 0.3) is 0 Å². The van der Waals surface area contributed by atoms with Crippen LogP contribution in [0.15, 0.2) is 0 Å². The smallest absolute Gasteiger partial charge is 0.319 e. The molecule has 0 fully saturated rings. The van der Waals surface area contributed by atoms with E-state index in [1.807, 2.05) is 25.9 Å². The zero-order valence-corrected chi connectivity index (χ0v) is 12.7. The third-order valence-electron chi connectivity index (χ3n) is 2.88. The van der Waals surface area contributed by atoms with Gasteiger partial charge in [-0.3, -0.25) is 4.79 Å². The van der Waals surface area contributed by atoms with Crippen LogP contribution in [0.2, 0.25) is 0 Å². The molecule has 0 aromatic heterocycles. The molecule has 0 bridgehead atoms. The Morgan fingerprint density at radius 2 is 1.68 bits per heavy atom. The van der Waals surface area contributed by atoms with E-state index in [0.29, 0.717) is 13.1 Å². The number of amides is 2. The van der Waals surface area contributed by atoms with Crippen LogP contribution in [0.25, 0.3) is 0 Å². The highest BCUT2D eigenvalue weighted by Crippen LogP contribution is 2.04. The van der Waals surface area contributed by atoms with E-state index >= 15 is 0 Å². The third-order valence-corrected chi connectivity index (χ3v) is 2.88. The summed E-state index contributed by atoms with van der Waals surface area (Å²) in [5.74, 6) is -1.43. The normalized spacial score (nSPS) is 12.3. The minimum Gasteiger partial charge on any atom is -0.481 e. The van der Waals surface area contributed by atoms with Gasteiger partial charge in [-0.1, -0.05) is 13.8 Å². The van der Waals surface area contributed by atoms with Crippen molar-refractivity contribution in [1.82, 2.24) is 14.7 Å². The van der Waals surface area contributed by atoms with Crippen molar-refractivity contribution in [2.75, 3.05) is 47.3 Å². The van der Waals surface area contributed by atoms with Crippen LogP contribution in [-0.2, 0) is 4.79 Å². The molecule has 0 aliphatic carbocycles. The minimum absolute atomic E-state index is 0.100. The lowest BCUT2D eigenvalue weighted by Gasteiger charge is -2.29. The molecule has 0 aliphatic rings. The highest BCUT2D eigenvalue weighted by atomic mass is 16.4. The van der Waals surface area contributed by atoms with Crippen molar-refractivity contribution >= 4 is 12.0 Å². The van der Waals surface area contributed by atoms with E-state index in [1.54, 1.807) is 18.9 Å². The Balaban J connectivity index is 4.47. The molecule has 0 spiro atoms. The molecule has 112 valence electrons. The van der Waals surface area contributed by atoms with Crippen molar-refractivity contribution in [1.29, 1.82) is 0 Å². The monoisotopic (exact) mass is 273 g/mol. The van der Waals surface area contributed by atoms with Crippen molar-refractivity contribution in [3.05, 3.63) is 0 Å². The molecule has 6 heteroatoms. The Bertz CT molecular complexity index is 295. The molecule has 0 saturated heterocycles. The van der Waals surface area contributed by atoms with Gasteiger partial charge in [-0.2, -0.15) is 0 Å². The zero-order valence-electron chi connectivity index (χ0n) is 12.7. The summed E-state index contributed by atoms with van der Waals surface area (Å²) in [6, 6.07) is -0.100. The molecular formula is C13H27N3O3. The van der Waals surface area contributed by atoms with Crippen LogP contribution in [0, 0.1) is 5.92 Å². The number of hydrogen-bond donors (Lipinski definition) is 1. The van der Waals surface area contributed by atoms with Crippen LogP contribution in [0.1, 0.15) is 20.3 Å². The van der Waals surface area contributed by atoms with Gasteiger partial charge in [0, 0.05) is 33.2 Å². The van der Waals surface area contributed by atoms with Crippen LogP contribution in [0.4, 0.5) is 4.79 Å². The van der Waals surface area contributed by atoms with E-state index in [4.69, 9.17) is 5.11 Å². The molecule has 0 aromatic carbocycles. The number of nitrogens with zero attached hydrogens (tertiary/aromatic N) is 3. The first-order valence-electron chi connectivity index (χ1n) is 6.67. The Morgan fingerprint density at radius 1 is 1.11 bits per heavy atom. The Kier molecular flexibility index (Phi) is 8.14. The molecule has 0 radical (unpaired) electrons. The van der Waals surface area contributed by atoms with Gasteiger partial charge in [-0.25, -0.2) is 4.79 Å². The van der Waals surface area contributed by atoms with E-state index < -0.39 is 11.9 Å². The maximum absolute atomic E-state index is 12.2. The number of carboxylic acid groups (broad SMARTS) is 1. The molecule has 19 heavy (non-hydrogen) atoms. The predicted molar refractivity (Wildman–Crippen MR) is 75.2 cm³/mol. The van der Waals surface area contributed by atoms with Crippen LogP contribution in [0.5, 0.6) is 0 Å². The number of urea groups is 1. The fourth-order valence-electron chi connectivity index (χ4n) is 1.70. The van der Waals surface area contributed by atoms with E-state index in [9.17, 15) is 9.59 Å². The number of aliphatic carboxylic acids is 1. The van der Waals surface area contributed by atoms with E-state index in [0.717, 1.165) is 13.0 Å². The van der Waals surface area contributed by atoms with Gasteiger partial charge in [-0.15, -0.1) is 0 Å². The molecule has 0 heterocycles. The van der Waals surface area contributed by atoms with Crippen molar-refractivity contribution in [3.8, 4) is 0 Å². The second kappa shape index (κ2) is 8.74. The molecule has 1 N–H and O–H groups in total. The van der Waals surface area contributed by atoms with Gasteiger partial charge >= 0.3 is 12.0 Å². The summed E-state index contributed by atoms with van der Waals surface area (Å²) in [5.41, 5.74) is 0. The van der Waals surface area contributed by atoms with Crippen LogP contribution < -0.4 is 0 Å². The van der Waals surface area contributed by atoms with Gasteiger partial charge in [0.05, 0.1) is 5.92 Å². The van der Waals surface area contributed by atoms with Crippen LogP contribution >= 0.6 is 0 Å². The number of rotatable bonds is 8. The first-order chi connectivity index (χ1) is 8.79. The zero-order chi connectivity index (χ0) is 15.0. The fraction of sp³-hybridized carbons (Fsp3) is 0.846. The molecule has 1 atom stereocenters. The average molecular weight is 273 g/mol. The number of likely N-dealkylation sites (N-methyl/N-ethyl adjacent to an activating group) is 1. The first kappa shape index (κ1) is 17.7. The van der Waals surface area contributed by atoms with Gasteiger partial charge in [-0.05, 0) is 20.5 Å². The predicted octanol–water partition coefficient (Wildman–Crippen LogP) is 1.03. The Morgan fingerprint density at radius 3 is 2.11 bits per heavy atom. The van der Waals surface area contributed by atoms with Crippen molar-refractivity contribution in [2.24, 2.45) is 5.92 Å². The summed E-state index contributed by atoms with van der Waals surface area (Å²) in [4.78, 5) is 28.3. The van der Waals surface area contributed by atoms with Crippen molar-refractivity contribution in [3.63, 3.8) is 0 Å². The number of carboxylic acids is 1. The number of hydrogen-bond acceptors (Lipinski definition) is 3.